The summed E-state index contributed by atoms with van der Waals surface area (Å²) in [6.07, 6.45) is 0. The van der Waals surface area contributed by atoms with E-state index in [0.29, 0.717) is 26.4 Å². The summed E-state index contributed by atoms with van der Waals surface area (Å²) >= 11 is 0. The number of carbonyl (C=O) groups is 2. The lowest BCUT2D eigenvalue weighted by molar-refractivity contribution is -0.235. The Morgan fingerprint density at radius 3 is 1.18 bits per heavy atom. The van der Waals surface area contributed by atoms with E-state index < -0.39 is 11.6 Å². The maximum Gasteiger partial charge on any atom is 0.219 e. The van der Waals surface area contributed by atoms with Crippen LogP contribution in [-0.2, 0) is 28.5 Å². The van der Waals surface area contributed by atoms with Crippen molar-refractivity contribution in [1.82, 2.24) is 9.80 Å². The molecule has 2 spiro atoms. The number of hydrogen-bond acceptors (Lipinski definition) is 6. The maximum atomic E-state index is 12.0. The first-order valence-corrected chi connectivity index (χ1v) is 7.51. The average molecular weight is 314 g/mol. The summed E-state index contributed by atoms with van der Waals surface area (Å²) < 4.78 is 22.9. The molecule has 3 rings (SSSR count). The van der Waals surface area contributed by atoms with Gasteiger partial charge in [0.05, 0.1) is 52.6 Å². The van der Waals surface area contributed by atoms with Gasteiger partial charge in [0.15, 0.2) is 0 Å². The van der Waals surface area contributed by atoms with Crippen molar-refractivity contribution in [3.8, 4) is 0 Å². The second-order valence-electron chi connectivity index (χ2n) is 5.97. The van der Waals surface area contributed by atoms with Crippen molar-refractivity contribution in [3.05, 3.63) is 0 Å². The smallest absolute Gasteiger partial charge is 0.219 e. The highest BCUT2D eigenvalue weighted by Crippen LogP contribution is 2.30. The van der Waals surface area contributed by atoms with Crippen molar-refractivity contribution in [1.29, 1.82) is 0 Å². The Balaban J connectivity index is 1.89. The molecular formula is C14H22N2O6. The van der Waals surface area contributed by atoms with E-state index in [1.165, 1.54) is 13.8 Å². The summed E-state index contributed by atoms with van der Waals surface area (Å²) in [5, 5.41) is 0. The van der Waals surface area contributed by atoms with Crippen molar-refractivity contribution in [2.75, 3.05) is 52.6 Å². The van der Waals surface area contributed by atoms with Gasteiger partial charge in [0, 0.05) is 13.8 Å². The zero-order chi connectivity index (χ0) is 15.8. The van der Waals surface area contributed by atoms with Crippen LogP contribution in [0.3, 0.4) is 0 Å². The van der Waals surface area contributed by atoms with Crippen molar-refractivity contribution >= 4 is 11.8 Å². The van der Waals surface area contributed by atoms with Gasteiger partial charge in [-0.25, -0.2) is 0 Å². The Kier molecular flexibility index (Phi) is 4.11. The molecule has 0 N–H and O–H groups in total. The Morgan fingerprint density at radius 2 is 0.955 bits per heavy atom. The predicted octanol–water partition coefficient (Wildman–Crippen LogP) is -0.817. The summed E-state index contributed by atoms with van der Waals surface area (Å²) in [5.41, 5.74) is 0. The molecule has 3 aliphatic rings. The minimum absolute atomic E-state index is 0.103. The molecule has 8 heteroatoms. The van der Waals surface area contributed by atoms with Crippen LogP contribution in [0.5, 0.6) is 0 Å². The first-order valence-electron chi connectivity index (χ1n) is 7.51. The lowest BCUT2D eigenvalue weighted by atomic mass is 10.1. The van der Waals surface area contributed by atoms with Crippen molar-refractivity contribution in [3.63, 3.8) is 0 Å². The molecule has 0 aliphatic carbocycles. The summed E-state index contributed by atoms with van der Waals surface area (Å²) in [4.78, 5) is 27.2. The summed E-state index contributed by atoms with van der Waals surface area (Å²) in [7, 11) is 0. The van der Waals surface area contributed by atoms with Gasteiger partial charge in [0.1, 0.15) is 0 Å². The van der Waals surface area contributed by atoms with Gasteiger partial charge in [-0.2, -0.15) is 0 Å². The molecule has 22 heavy (non-hydrogen) atoms. The third-order valence-corrected chi connectivity index (χ3v) is 4.24. The third kappa shape index (κ3) is 2.96. The summed E-state index contributed by atoms with van der Waals surface area (Å²) in [6.45, 7) is 5.81. The largest absolute Gasteiger partial charge is 0.344 e. The quantitative estimate of drug-likeness (QED) is 0.582. The summed E-state index contributed by atoms with van der Waals surface area (Å²) in [6, 6.07) is 0. The van der Waals surface area contributed by atoms with Crippen LogP contribution in [0.1, 0.15) is 13.8 Å². The van der Waals surface area contributed by atoms with Crippen LogP contribution in [0, 0.1) is 0 Å². The van der Waals surface area contributed by atoms with Crippen LogP contribution in [0.25, 0.3) is 0 Å². The van der Waals surface area contributed by atoms with E-state index in [1.807, 2.05) is 0 Å². The van der Waals surface area contributed by atoms with Crippen molar-refractivity contribution in [2.24, 2.45) is 0 Å². The number of hydrogen-bond donors (Lipinski definition) is 0. The van der Waals surface area contributed by atoms with Gasteiger partial charge in [-0.15, -0.1) is 0 Å². The van der Waals surface area contributed by atoms with Crippen LogP contribution < -0.4 is 0 Å². The van der Waals surface area contributed by atoms with Crippen LogP contribution >= 0.6 is 0 Å². The molecule has 8 nitrogen and oxygen atoms in total. The van der Waals surface area contributed by atoms with E-state index in [0.717, 1.165) is 0 Å². The molecule has 0 atom stereocenters. The van der Waals surface area contributed by atoms with E-state index in [-0.39, 0.29) is 38.0 Å². The number of amides is 2. The van der Waals surface area contributed by atoms with Gasteiger partial charge in [-0.05, 0) is 0 Å². The van der Waals surface area contributed by atoms with Gasteiger partial charge in [-0.1, -0.05) is 0 Å². The standard InChI is InChI=1S/C14H22N2O6/c1-11(17)15-7-13(19-3-4-20-13)9-16(12(2)18)10-14(8-15)21-5-6-22-14/h3-10H2,1-2H3. The Bertz CT molecular complexity index is 398. The van der Waals surface area contributed by atoms with Crippen molar-refractivity contribution < 1.29 is 28.5 Å². The van der Waals surface area contributed by atoms with Gasteiger partial charge in [0.2, 0.25) is 23.4 Å². The first kappa shape index (κ1) is 15.7. The molecule has 3 heterocycles. The molecule has 3 fully saturated rings. The minimum Gasteiger partial charge on any atom is -0.344 e. The maximum absolute atomic E-state index is 12.0. The molecule has 2 amide bonds. The highest BCUT2D eigenvalue weighted by atomic mass is 16.7. The fourth-order valence-corrected chi connectivity index (χ4v) is 3.18. The van der Waals surface area contributed by atoms with E-state index in [2.05, 4.69) is 0 Å². The minimum atomic E-state index is -0.961. The van der Waals surface area contributed by atoms with Crippen LogP contribution in [0.4, 0.5) is 0 Å². The lowest BCUT2D eigenvalue weighted by Gasteiger charge is -2.44. The molecule has 0 radical (unpaired) electrons. The van der Waals surface area contributed by atoms with E-state index in [1.54, 1.807) is 9.80 Å². The van der Waals surface area contributed by atoms with Crippen LogP contribution in [-0.4, -0.2) is 85.8 Å². The second-order valence-corrected chi connectivity index (χ2v) is 5.97. The zero-order valence-corrected chi connectivity index (χ0v) is 13.0. The van der Waals surface area contributed by atoms with Gasteiger partial charge < -0.3 is 28.7 Å². The fraction of sp³-hybridized carbons (Fsp3) is 0.857. The molecule has 0 aromatic carbocycles. The number of nitrogens with zero attached hydrogens (tertiary/aromatic N) is 2. The SMILES string of the molecule is CC(=O)N1CC2(CN(C(C)=O)CC3(C1)OCCO3)OCCO2. The summed E-state index contributed by atoms with van der Waals surface area (Å²) in [5.74, 6) is -2.13. The van der Waals surface area contributed by atoms with Crippen LogP contribution in [0.2, 0.25) is 0 Å². The van der Waals surface area contributed by atoms with Crippen LogP contribution in [0.15, 0.2) is 0 Å². The second kappa shape index (κ2) is 5.77. The third-order valence-electron chi connectivity index (χ3n) is 4.24. The van der Waals surface area contributed by atoms with Gasteiger partial charge >= 0.3 is 0 Å². The highest BCUT2D eigenvalue weighted by molar-refractivity contribution is 5.74. The monoisotopic (exact) mass is 314 g/mol. The lowest BCUT2D eigenvalue weighted by Crippen LogP contribution is -2.63. The molecule has 0 bridgehead atoms. The molecule has 0 unspecified atom stereocenters. The molecule has 3 saturated heterocycles. The molecule has 3 aliphatic heterocycles. The van der Waals surface area contributed by atoms with E-state index >= 15 is 0 Å². The number of carbonyl (C=O) groups excluding carboxylic acids is 2. The average Bonchev–Trinajstić information content (AvgIpc) is 3.06. The Hall–Kier alpha value is -1.22. The Morgan fingerprint density at radius 1 is 0.682 bits per heavy atom. The Labute approximate surface area is 129 Å². The van der Waals surface area contributed by atoms with Gasteiger partial charge in [0.25, 0.3) is 0 Å². The molecule has 0 aromatic rings. The number of ether oxygens (including phenoxy) is 4. The topological polar surface area (TPSA) is 77.5 Å². The fourth-order valence-electron chi connectivity index (χ4n) is 3.18. The van der Waals surface area contributed by atoms with Gasteiger partial charge in [-0.3, -0.25) is 9.59 Å². The van der Waals surface area contributed by atoms with E-state index in [4.69, 9.17) is 18.9 Å². The predicted molar refractivity (Wildman–Crippen MR) is 73.8 cm³/mol. The molecule has 0 aromatic heterocycles. The van der Waals surface area contributed by atoms with Crippen molar-refractivity contribution in [2.45, 2.75) is 25.4 Å². The van der Waals surface area contributed by atoms with E-state index in [9.17, 15) is 9.59 Å². The molecular weight excluding hydrogens is 292 g/mol. The normalized spacial score (nSPS) is 27.2. The molecule has 0 saturated carbocycles. The first-order chi connectivity index (χ1) is 10.4. The highest BCUT2D eigenvalue weighted by Gasteiger charge is 2.49. The number of rotatable bonds is 0. The molecule has 124 valence electrons. The zero-order valence-electron chi connectivity index (χ0n) is 13.0.